The molecule has 0 amide bonds. The summed E-state index contributed by atoms with van der Waals surface area (Å²) in [5.41, 5.74) is -1.15. The zero-order chi connectivity index (χ0) is 21.8. The highest BCUT2D eigenvalue weighted by Crippen LogP contribution is 2.21. The molecule has 0 aliphatic carbocycles. The van der Waals surface area contributed by atoms with E-state index in [1.165, 1.54) is 0 Å². The van der Waals surface area contributed by atoms with Crippen molar-refractivity contribution in [2.24, 2.45) is 10.8 Å². The van der Waals surface area contributed by atoms with E-state index in [2.05, 4.69) is 0 Å². The monoisotopic (exact) mass is 402 g/mol. The lowest BCUT2D eigenvalue weighted by Gasteiger charge is -2.20. The van der Waals surface area contributed by atoms with Crippen LogP contribution in [-0.4, -0.2) is 50.3 Å². The molecule has 0 saturated carbocycles. The van der Waals surface area contributed by atoms with Crippen molar-refractivity contribution in [3.8, 4) is 0 Å². The Morgan fingerprint density at radius 1 is 0.571 bits per heavy atom. The molecule has 0 N–H and O–H groups in total. The second-order valence-electron chi connectivity index (χ2n) is 7.69. The topological polar surface area (TPSA) is 105 Å². The molecule has 8 nitrogen and oxygen atoms in total. The molecule has 162 valence electrons. The Morgan fingerprint density at radius 2 is 0.857 bits per heavy atom. The van der Waals surface area contributed by atoms with Crippen molar-refractivity contribution in [1.82, 2.24) is 0 Å². The molecule has 0 spiro atoms. The van der Waals surface area contributed by atoms with Crippen molar-refractivity contribution in [1.29, 1.82) is 0 Å². The molecule has 0 aliphatic rings. The van der Waals surface area contributed by atoms with Crippen molar-refractivity contribution in [2.45, 2.75) is 67.2 Å². The highest BCUT2D eigenvalue weighted by atomic mass is 16.6. The fourth-order valence-corrected chi connectivity index (χ4v) is 1.61. The number of hydrogen-bond donors (Lipinski definition) is 0. The first-order valence-electron chi connectivity index (χ1n) is 9.62. The number of carbonyl (C=O) groups excluding carboxylic acids is 4. The summed E-state index contributed by atoms with van der Waals surface area (Å²) >= 11 is 0. The third kappa shape index (κ3) is 10.3. The van der Waals surface area contributed by atoms with Gasteiger partial charge in [-0.2, -0.15) is 0 Å². The van der Waals surface area contributed by atoms with Crippen LogP contribution < -0.4 is 0 Å². The van der Waals surface area contributed by atoms with Crippen molar-refractivity contribution >= 4 is 23.9 Å². The minimum atomic E-state index is -0.584. The van der Waals surface area contributed by atoms with E-state index in [4.69, 9.17) is 18.9 Å². The molecular formula is C20H34O8. The van der Waals surface area contributed by atoms with Gasteiger partial charge >= 0.3 is 23.9 Å². The largest absolute Gasteiger partial charge is 0.462 e. The lowest BCUT2D eigenvalue weighted by molar-refractivity contribution is -0.161. The summed E-state index contributed by atoms with van der Waals surface area (Å²) in [6.45, 7) is 10.7. The highest BCUT2D eigenvalue weighted by molar-refractivity contribution is 5.78. The second-order valence-corrected chi connectivity index (χ2v) is 7.69. The SMILES string of the molecule is CCC(C)(C)C(=O)OCCOC(=O)CCC(=O)OCCOC(=O)C(C)(C)CC. The molecule has 0 rings (SSSR count). The molecule has 8 heteroatoms. The quantitative estimate of drug-likeness (QED) is 0.263. The van der Waals surface area contributed by atoms with E-state index in [1.54, 1.807) is 27.7 Å². The van der Waals surface area contributed by atoms with E-state index >= 15 is 0 Å². The van der Waals surface area contributed by atoms with Crippen LogP contribution in [0.3, 0.4) is 0 Å². The van der Waals surface area contributed by atoms with E-state index < -0.39 is 22.8 Å². The summed E-state index contributed by atoms with van der Waals surface area (Å²) in [7, 11) is 0. The number of rotatable bonds is 13. The second kappa shape index (κ2) is 12.4. The summed E-state index contributed by atoms with van der Waals surface area (Å²) < 4.78 is 19.9. The fourth-order valence-electron chi connectivity index (χ4n) is 1.61. The van der Waals surface area contributed by atoms with Crippen LogP contribution in [0.25, 0.3) is 0 Å². The normalized spacial score (nSPS) is 11.5. The van der Waals surface area contributed by atoms with Gasteiger partial charge in [0.1, 0.15) is 26.4 Å². The van der Waals surface area contributed by atoms with Crippen LogP contribution in [0.15, 0.2) is 0 Å². The van der Waals surface area contributed by atoms with Gasteiger partial charge in [0.05, 0.1) is 23.7 Å². The van der Waals surface area contributed by atoms with Gasteiger partial charge in [-0.15, -0.1) is 0 Å². The maximum atomic E-state index is 11.7. The van der Waals surface area contributed by atoms with Gasteiger partial charge in [0.15, 0.2) is 0 Å². The van der Waals surface area contributed by atoms with Crippen molar-refractivity contribution in [2.75, 3.05) is 26.4 Å². The third-order valence-corrected chi connectivity index (χ3v) is 4.57. The molecule has 0 aromatic carbocycles. The van der Waals surface area contributed by atoms with Crippen molar-refractivity contribution in [3.63, 3.8) is 0 Å². The molecular weight excluding hydrogens is 368 g/mol. The number of hydrogen-bond acceptors (Lipinski definition) is 8. The summed E-state index contributed by atoms with van der Waals surface area (Å²) in [6.07, 6.45) is 0.998. The standard InChI is InChI=1S/C20H34O8/c1-7-19(3,4)17(23)27-13-11-25-15(21)9-10-16(22)26-12-14-28-18(24)20(5,6)8-2/h7-14H2,1-6H3. The zero-order valence-corrected chi connectivity index (χ0v) is 17.9. The summed E-state index contributed by atoms with van der Waals surface area (Å²) in [4.78, 5) is 46.6. The molecule has 0 bridgehead atoms. The summed E-state index contributed by atoms with van der Waals surface area (Å²) in [5, 5.41) is 0. The molecule has 0 aliphatic heterocycles. The van der Waals surface area contributed by atoms with E-state index in [-0.39, 0.29) is 51.2 Å². The van der Waals surface area contributed by atoms with Gasteiger partial charge in [-0.25, -0.2) is 0 Å². The van der Waals surface area contributed by atoms with Gasteiger partial charge in [0, 0.05) is 0 Å². The van der Waals surface area contributed by atoms with E-state index in [0.717, 1.165) is 0 Å². The molecule has 0 aromatic heterocycles. The summed E-state index contributed by atoms with van der Waals surface area (Å²) in [6, 6.07) is 0. The predicted molar refractivity (Wildman–Crippen MR) is 101 cm³/mol. The maximum Gasteiger partial charge on any atom is 0.311 e. The number of esters is 4. The third-order valence-electron chi connectivity index (χ3n) is 4.57. The average molecular weight is 402 g/mol. The molecule has 0 heterocycles. The maximum absolute atomic E-state index is 11.7. The first-order valence-corrected chi connectivity index (χ1v) is 9.62. The Kier molecular flexibility index (Phi) is 11.4. The predicted octanol–water partition coefficient (Wildman–Crippen LogP) is 2.81. The molecule has 0 fully saturated rings. The van der Waals surface area contributed by atoms with Crippen molar-refractivity contribution in [3.05, 3.63) is 0 Å². The van der Waals surface area contributed by atoms with Gasteiger partial charge in [-0.1, -0.05) is 13.8 Å². The molecule has 0 atom stereocenters. The fraction of sp³-hybridized carbons (Fsp3) is 0.800. The molecule has 0 unspecified atom stereocenters. The van der Waals surface area contributed by atoms with Gasteiger partial charge in [0.2, 0.25) is 0 Å². The Balaban J connectivity index is 3.83. The number of carbonyl (C=O) groups is 4. The Hall–Kier alpha value is -2.12. The van der Waals surface area contributed by atoms with Crippen LogP contribution in [0.4, 0.5) is 0 Å². The molecule has 0 radical (unpaired) electrons. The Morgan fingerprint density at radius 3 is 1.14 bits per heavy atom. The smallest absolute Gasteiger partial charge is 0.311 e. The van der Waals surface area contributed by atoms with Gasteiger partial charge < -0.3 is 18.9 Å². The first kappa shape index (κ1) is 25.9. The van der Waals surface area contributed by atoms with Gasteiger partial charge in [0.25, 0.3) is 0 Å². The van der Waals surface area contributed by atoms with Crippen LogP contribution in [0, 0.1) is 10.8 Å². The Labute approximate surface area is 167 Å². The van der Waals surface area contributed by atoms with E-state index in [0.29, 0.717) is 12.8 Å². The lowest BCUT2D eigenvalue weighted by Crippen LogP contribution is -2.27. The number of ether oxygens (including phenoxy) is 4. The molecule has 0 aromatic rings. The lowest BCUT2D eigenvalue weighted by atomic mass is 9.91. The van der Waals surface area contributed by atoms with Crippen LogP contribution in [0.1, 0.15) is 67.2 Å². The highest BCUT2D eigenvalue weighted by Gasteiger charge is 2.27. The first-order chi connectivity index (χ1) is 13.0. The Bertz CT molecular complexity index is 488. The van der Waals surface area contributed by atoms with Crippen LogP contribution in [0.5, 0.6) is 0 Å². The van der Waals surface area contributed by atoms with E-state index in [9.17, 15) is 19.2 Å². The summed E-state index contributed by atoms with van der Waals surface area (Å²) in [5.74, 6) is -1.87. The molecule has 28 heavy (non-hydrogen) atoms. The average Bonchev–Trinajstić information content (AvgIpc) is 2.66. The minimum Gasteiger partial charge on any atom is -0.462 e. The van der Waals surface area contributed by atoms with E-state index in [1.807, 2.05) is 13.8 Å². The van der Waals surface area contributed by atoms with Crippen LogP contribution in [-0.2, 0) is 38.1 Å². The van der Waals surface area contributed by atoms with Gasteiger partial charge in [-0.3, -0.25) is 19.2 Å². The van der Waals surface area contributed by atoms with Gasteiger partial charge in [-0.05, 0) is 40.5 Å². The van der Waals surface area contributed by atoms with Crippen LogP contribution in [0.2, 0.25) is 0 Å². The minimum absolute atomic E-state index is 0.0298. The molecule has 0 saturated heterocycles. The zero-order valence-electron chi connectivity index (χ0n) is 17.9. The van der Waals surface area contributed by atoms with Crippen molar-refractivity contribution < 1.29 is 38.1 Å². The van der Waals surface area contributed by atoms with Crippen LogP contribution >= 0.6 is 0 Å².